The van der Waals surface area contributed by atoms with Crippen LogP contribution in [0.2, 0.25) is 0 Å². The number of nitrogens with zero attached hydrogens (tertiary/aromatic N) is 4. The van der Waals surface area contributed by atoms with Crippen molar-refractivity contribution < 1.29 is 22.7 Å². The average Bonchev–Trinajstić information content (AvgIpc) is 3.36. The molecule has 220 valence electrons. The van der Waals surface area contributed by atoms with Crippen molar-refractivity contribution in [1.29, 1.82) is 0 Å². The Hall–Kier alpha value is -2.44. The second kappa shape index (κ2) is 14.0. The second-order valence-electron chi connectivity index (χ2n) is 10.1. The summed E-state index contributed by atoms with van der Waals surface area (Å²) in [5.74, 6) is 0.944. The zero-order chi connectivity index (χ0) is 28.2. The average molecular weight is 611 g/mol. The fraction of sp³-hybridized carbons (Fsp3) is 0.500. The topological polar surface area (TPSA) is 92.3 Å². The molecule has 2 aromatic carbocycles. The minimum absolute atomic E-state index is 0. The molecule has 0 atom stereocenters. The third-order valence-electron chi connectivity index (χ3n) is 7.21. The van der Waals surface area contributed by atoms with Crippen molar-refractivity contribution in [1.82, 2.24) is 14.2 Å². The fourth-order valence-corrected chi connectivity index (χ4v) is 7.34. The van der Waals surface area contributed by atoms with Gasteiger partial charge < -0.3 is 14.4 Å². The largest absolute Gasteiger partial charge is 0.493 e. The third kappa shape index (κ3) is 7.06. The van der Waals surface area contributed by atoms with Gasteiger partial charge in [-0.15, -0.1) is 12.4 Å². The lowest BCUT2D eigenvalue weighted by Gasteiger charge is -2.30. The van der Waals surface area contributed by atoms with Gasteiger partial charge in [0, 0.05) is 37.3 Å². The van der Waals surface area contributed by atoms with Crippen LogP contribution in [0.15, 0.2) is 41.3 Å². The predicted octanol–water partition coefficient (Wildman–Crippen LogP) is 5.29. The van der Waals surface area contributed by atoms with Crippen molar-refractivity contribution in [3.63, 3.8) is 0 Å². The number of halogens is 1. The number of anilines is 1. The number of fused-ring (bicyclic) bond motifs is 1. The molecule has 1 heterocycles. The summed E-state index contributed by atoms with van der Waals surface area (Å²) in [6, 6.07) is 9.96. The van der Waals surface area contributed by atoms with Gasteiger partial charge >= 0.3 is 0 Å². The monoisotopic (exact) mass is 610 g/mol. The first-order valence-corrected chi connectivity index (χ1v) is 15.5. The number of carbonyl (C=O) groups excluding carboxylic acids is 1. The van der Waals surface area contributed by atoms with Crippen molar-refractivity contribution >= 4 is 55.0 Å². The zero-order valence-electron chi connectivity index (χ0n) is 23.8. The third-order valence-corrected chi connectivity index (χ3v) is 10.2. The number of ether oxygens (including phenoxy) is 2. The zero-order valence-corrected chi connectivity index (χ0v) is 26.2. The van der Waals surface area contributed by atoms with Gasteiger partial charge in [-0.05, 0) is 64.2 Å². The van der Waals surface area contributed by atoms with Crippen LogP contribution in [0.25, 0.3) is 10.2 Å². The van der Waals surface area contributed by atoms with Crippen molar-refractivity contribution in [3.8, 4) is 11.5 Å². The molecule has 12 heteroatoms. The van der Waals surface area contributed by atoms with Crippen LogP contribution in [0.4, 0.5) is 5.13 Å². The van der Waals surface area contributed by atoms with Gasteiger partial charge in [-0.25, -0.2) is 13.4 Å². The molecule has 0 N–H and O–H groups in total. The van der Waals surface area contributed by atoms with Gasteiger partial charge in [0.2, 0.25) is 10.0 Å². The number of hydrogen-bond donors (Lipinski definition) is 0. The number of benzene rings is 2. The Morgan fingerprint density at radius 2 is 1.60 bits per heavy atom. The van der Waals surface area contributed by atoms with Crippen LogP contribution in [0.3, 0.4) is 0 Å². The number of rotatable bonds is 11. The molecule has 0 unspecified atom stereocenters. The lowest BCUT2D eigenvalue weighted by atomic mass is 9.96. The van der Waals surface area contributed by atoms with Crippen LogP contribution in [-0.4, -0.2) is 83.0 Å². The summed E-state index contributed by atoms with van der Waals surface area (Å²) in [5.41, 5.74) is 1.12. The lowest BCUT2D eigenvalue weighted by Crippen LogP contribution is -2.38. The number of amides is 1. The number of sulfonamides is 1. The second-order valence-corrected chi connectivity index (χ2v) is 13.1. The standard InChI is InChI=1S/C28H38N4O5S2.ClH/c1-30(2)16-9-17-32(28-29-23-18-24(36-4)25(37-5)19-26(23)38-28)27(33)20-12-14-22(15-13-20)39(34,35)31(3)21-10-7-6-8-11-21;/h12-15,18-19,21H,6-11,16-17H2,1-5H3;1H. The quantitative estimate of drug-likeness (QED) is 0.291. The lowest BCUT2D eigenvalue weighted by molar-refractivity contribution is 0.0986. The van der Waals surface area contributed by atoms with Gasteiger partial charge in [-0.3, -0.25) is 9.69 Å². The SMILES string of the molecule is COc1cc2nc(N(CCCN(C)C)C(=O)c3ccc(S(=O)(=O)N(C)C4CCCCC4)cc3)sc2cc1OC.Cl. The van der Waals surface area contributed by atoms with E-state index in [0.717, 1.165) is 49.8 Å². The minimum atomic E-state index is -3.64. The van der Waals surface area contributed by atoms with Crippen LogP contribution in [0, 0.1) is 0 Å². The molecule has 0 aliphatic heterocycles. The summed E-state index contributed by atoms with van der Waals surface area (Å²) < 4.78 is 39.8. The van der Waals surface area contributed by atoms with E-state index in [-0.39, 0.29) is 29.3 Å². The summed E-state index contributed by atoms with van der Waals surface area (Å²) in [6.45, 7) is 1.27. The molecule has 4 rings (SSSR count). The molecule has 0 saturated heterocycles. The minimum Gasteiger partial charge on any atom is -0.493 e. The Morgan fingerprint density at radius 3 is 2.20 bits per heavy atom. The normalized spacial score (nSPS) is 14.4. The molecule has 1 amide bonds. The maximum absolute atomic E-state index is 13.8. The van der Waals surface area contributed by atoms with Crippen molar-refractivity contribution in [2.75, 3.05) is 53.4 Å². The van der Waals surface area contributed by atoms with E-state index in [0.29, 0.717) is 34.3 Å². The number of carbonyl (C=O) groups is 1. The number of methoxy groups -OCH3 is 2. The maximum atomic E-state index is 13.8. The van der Waals surface area contributed by atoms with E-state index >= 15 is 0 Å². The maximum Gasteiger partial charge on any atom is 0.260 e. The molecule has 3 aromatic rings. The molecule has 0 spiro atoms. The summed E-state index contributed by atoms with van der Waals surface area (Å²) in [7, 11) is 5.16. The number of thiazole rings is 1. The van der Waals surface area contributed by atoms with Crippen molar-refractivity contribution in [2.24, 2.45) is 0 Å². The van der Waals surface area contributed by atoms with E-state index in [1.54, 1.807) is 44.4 Å². The first kappa shape index (κ1) is 32.1. The van der Waals surface area contributed by atoms with E-state index in [2.05, 4.69) is 4.90 Å². The first-order chi connectivity index (χ1) is 18.6. The van der Waals surface area contributed by atoms with E-state index in [1.807, 2.05) is 20.2 Å². The molecule has 9 nitrogen and oxygen atoms in total. The summed E-state index contributed by atoms with van der Waals surface area (Å²) in [4.78, 5) is 22.4. The fourth-order valence-electron chi connectivity index (χ4n) is 4.92. The van der Waals surface area contributed by atoms with Gasteiger partial charge in [0.15, 0.2) is 16.6 Å². The molecule has 1 aliphatic carbocycles. The number of hydrogen-bond acceptors (Lipinski definition) is 8. The Balaban J connectivity index is 0.00000441. The van der Waals surface area contributed by atoms with E-state index in [9.17, 15) is 13.2 Å². The molecule has 0 radical (unpaired) electrons. The Labute approximate surface area is 247 Å². The molecule has 0 bridgehead atoms. The van der Waals surface area contributed by atoms with Crippen molar-refractivity contribution in [3.05, 3.63) is 42.0 Å². The van der Waals surface area contributed by atoms with Gasteiger partial charge in [-0.1, -0.05) is 30.6 Å². The van der Waals surface area contributed by atoms with E-state index in [1.165, 1.54) is 27.8 Å². The molecular formula is C28H39ClN4O5S2. The first-order valence-electron chi connectivity index (χ1n) is 13.2. The van der Waals surface area contributed by atoms with Crippen LogP contribution in [0.1, 0.15) is 48.9 Å². The highest BCUT2D eigenvalue weighted by Gasteiger charge is 2.29. The van der Waals surface area contributed by atoms with Gasteiger partial charge in [-0.2, -0.15) is 4.31 Å². The highest BCUT2D eigenvalue weighted by atomic mass is 35.5. The Kier molecular flexibility index (Phi) is 11.2. The van der Waals surface area contributed by atoms with Crippen LogP contribution < -0.4 is 14.4 Å². The van der Waals surface area contributed by atoms with Crippen LogP contribution >= 0.6 is 23.7 Å². The highest BCUT2D eigenvalue weighted by Crippen LogP contribution is 2.38. The number of aromatic nitrogens is 1. The smallest absolute Gasteiger partial charge is 0.260 e. The van der Waals surface area contributed by atoms with Gasteiger partial charge in [0.05, 0.1) is 29.3 Å². The van der Waals surface area contributed by atoms with Crippen molar-refractivity contribution in [2.45, 2.75) is 49.5 Å². The molecule has 1 aromatic heterocycles. The molecule has 1 aliphatic rings. The molecule has 1 saturated carbocycles. The highest BCUT2D eigenvalue weighted by molar-refractivity contribution is 7.89. The van der Waals surface area contributed by atoms with Crippen LogP contribution in [0.5, 0.6) is 11.5 Å². The summed E-state index contributed by atoms with van der Waals surface area (Å²) >= 11 is 1.41. The van der Waals surface area contributed by atoms with Gasteiger partial charge in [0.25, 0.3) is 5.91 Å². The Morgan fingerprint density at radius 1 is 0.975 bits per heavy atom. The summed E-state index contributed by atoms with van der Waals surface area (Å²) in [5, 5.41) is 0.567. The van der Waals surface area contributed by atoms with Gasteiger partial charge in [0.1, 0.15) is 0 Å². The Bertz CT molecular complexity index is 1350. The molecule has 1 fully saturated rings. The molecule has 40 heavy (non-hydrogen) atoms. The van der Waals surface area contributed by atoms with Crippen LogP contribution in [-0.2, 0) is 10.0 Å². The van der Waals surface area contributed by atoms with E-state index in [4.69, 9.17) is 14.5 Å². The molecular weight excluding hydrogens is 572 g/mol. The predicted molar refractivity (Wildman–Crippen MR) is 163 cm³/mol. The van der Waals surface area contributed by atoms with E-state index < -0.39 is 10.0 Å². The summed E-state index contributed by atoms with van der Waals surface area (Å²) in [6.07, 6.45) is 5.77.